The molecule has 162 valence electrons. The van der Waals surface area contributed by atoms with Gasteiger partial charge in [-0.25, -0.2) is 4.39 Å². The van der Waals surface area contributed by atoms with Crippen LogP contribution in [0.3, 0.4) is 0 Å². The van der Waals surface area contributed by atoms with Crippen LogP contribution in [0, 0.1) is 19.7 Å². The highest BCUT2D eigenvalue weighted by Gasteiger charge is 2.29. The average Bonchev–Trinajstić information content (AvgIpc) is 2.77. The number of aryl methyl sites for hydroxylation is 2. The molecular weight excluding hydrogens is 409 g/mol. The summed E-state index contributed by atoms with van der Waals surface area (Å²) in [5.41, 5.74) is 3.80. The van der Waals surface area contributed by atoms with Crippen molar-refractivity contribution in [2.24, 2.45) is 0 Å². The van der Waals surface area contributed by atoms with Gasteiger partial charge in [0, 0.05) is 42.1 Å². The quantitative estimate of drug-likeness (QED) is 0.661. The predicted molar refractivity (Wildman–Crippen MR) is 120 cm³/mol. The zero-order chi connectivity index (χ0) is 22.8. The van der Waals surface area contributed by atoms with Gasteiger partial charge in [0.25, 0.3) is 11.5 Å². The van der Waals surface area contributed by atoms with Gasteiger partial charge in [0.2, 0.25) is 5.91 Å². The lowest BCUT2D eigenvalue weighted by molar-refractivity contribution is -0.121. The topological polar surface area (TPSA) is 80.2 Å². The second kappa shape index (κ2) is 8.63. The second-order valence-corrected chi connectivity index (χ2v) is 7.84. The molecule has 0 bridgehead atoms. The lowest BCUT2D eigenvalue weighted by Gasteiger charge is -2.24. The fourth-order valence-electron chi connectivity index (χ4n) is 3.71. The Morgan fingerprint density at radius 2 is 1.81 bits per heavy atom. The molecule has 1 aliphatic heterocycles. The Kier molecular flexibility index (Phi) is 5.73. The van der Waals surface area contributed by atoms with Crippen molar-refractivity contribution in [3.05, 3.63) is 105 Å². The molecular formula is C25H22FN3O3. The number of carbonyl (C=O) groups excluding carboxylic acids is 2. The normalized spacial score (nSPS) is 15.7. The number of nitrogens with zero attached hydrogens (tertiary/aromatic N) is 1. The first-order valence-electron chi connectivity index (χ1n) is 10.2. The number of hydrogen-bond donors (Lipinski definition) is 2. The molecule has 1 aromatic heterocycles. The van der Waals surface area contributed by atoms with E-state index in [1.54, 1.807) is 30.5 Å². The molecule has 2 aromatic carbocycles. The van der Waals surface area contributed by atoms with E-state index in [2.05, 4.69) is 10.6 Å². The Bertz CT molecular complexity index is 1290. The standard InChI is InChI=1S/C25H22FN3O3/c1-15-3-10-24(31)29(14-15)19-9-4-16(2)22(11-19)28-25(32)21-13-27-23(30)12-20(21)17-5-7-18(26)8-6-17/h3-11,13-14,20H,12H2,1-2H3,(H,27,30)(H,28,32)/t20-/m0/s1. The highest BCUT2D eigenvalue weighted by Crippen LogP contribution is 2.31. The van der Waals surface area contributed by atoms with Crippen LogP contribution in [0.1, 0.15) is 29.0 Å². The van der Waals surface area contributed by atoms with Crippen molar-refractivity contribution in [1.82, 2.24) is 9.88 Å². The maximum atomic E-state index is 13.4. The van der Waals surface area contributed by atoms with Gasteiger partial charge in [-0.05, 0) is 54.8 Å². The number of hydrogen-bond acceptors (Lipinski definition) is 3. The smallest absolute Gasteiger partial charge is 0.255 e. The minimum Gasteiger partial charge on any atom is -0.332 e. The third-order valence-corrected chi connectivity index (χ3v) is 5.49. The van der Waals surface area contributed by atoms with E-state index in [9.17, 15) is 18.8 Å². The van der Waals surface area contributed by atoms with Crippen LogP contribution in [0.25, 0.3) is 5.69 Å². The van der Waals surface area contributed by atoms with Crippen molar-refractivity contribution in [2.75, 3.05) is 5.32 Å². The molecule has 32 heavy (non-hydrogen) atoms. The van der Waals surface area contributed by atoms with Gasteiger partial charge in [-0.3, -0.25) is 19.0 Å². The van der Waals surface area contributed by atoms with Crippen LogP contribution in [0.5, 0.6) is 0 Å². The lowest BCUT2D eigenvalue weighted by atomic mass is 9.86. The summed E-state index contributed by atoms with van der Waals surface area (Å²) in [4.78, 5) is 37.4. The SMILES string of the molecule is Cc1ccc(=O)n(-c2ccc(C)c(NC(=O)C3=CNC(=O)C[C@H]3c3ccc(F)cc3)c2)c1. The summed E-state index contributed by atoms with van der Waals surface area (Å²) in [6, 6.07) is 14.4. The number of rotatable bonds is 4. The highest BCUT2D eigenvalue weighted by atomic mass is 19.1. The zero-order valence-electron chi connectivity index (χ0n) is 17.7. The number of halogens is 1. The largest absolute Gasteiger partial charge is 0.332 e. The molecule has 0 saturated carbocycles. The maximum Gasteiger partial charge on any atom is 0.255 e. The summed E-state index contributed by atoms with van der Waals surface area (Å²) in [5.74, 6) is -1.47. The summed E-state index contributed by atoms with van der Waals surface area (Å²) in [6.07, 6.45) is 3.23. The fraction of sp³-hybridized carbons (Fsp3) is 0.160. The molecule has 7 heteroatoms. The number of pyridine rings is 1. The van der Waals surface area contributed by atoms with Gasteiger partial charge in [-0.2, -0.15) is 0 Å². The molecule has 0 saturated heterocycles. The lowest BCUT2D eigenvalue weighted by Crippen LogP contribution is -2.32. The van der Waals surface area contributed by atoms with E-state index in [0.29, 0.717) is 22.5 Å². The molecule has 0 unspecified atom stereocenters. The van der Waals surface area contributed by atoms with E-state index in [-0.39, 0.29) is 29.6 Å². The van der Waals surface area contributed by atoms with E-state index in [4.69, 9.17) is 0 Å². The zero-order valence-corrected chi connectivity index (χ0v) is 17.7. The van der Waals surface area contributed by atoms with Crippen molar-refractivity contribution in [3.63, 3.8) is 0 Å². The van der Waals surface area contributed by atoms with Crippen LogP contribution >= 0.6 is 0 Å². The predicted octanol–water partition coefficient (Wildman–Crippen LogP) is 3.72. The van der Waals surface area contributed by atoms with Crippen molar-refractivity contribution in [3.8, 4) is 5.69 Å². The van der Waals surface area contributed by atoms with Crippen LogP contribution in [-0.4, -0.2) is 16.4 Å². The third-order valence-electron chi connectivity index (χ3n) is 5.49. The van der Waals surface area contributed by atoms with Crippen molar-refractivity contribution in [1.29, 1.82) is 0 Å². The van der Waals surface area contributed by atoms with Crippen molar-refractivity contribution < 1.29 is 14.0 Å². The van der Waals surface area contributed by atoms with Crippen LogP contribution in [0.2, 0.25) is 0 Å². The molecule has 6 nitrogen and oxygen atoms in total. The molecule has 0 spiro atoms. The summed E-state index contributed by atoms with van der Waals surface area (Å²) < 4.78 is 14.9. The molecule has 0 radical (unpaired) electrons. The number of benzene rings is 2. The summed E-state index contributed by atoms with van der Waals surface area (Å²) in [7, 11) is 0. The van der Waals surface area contributed by atoms with E-state index in [1.165, 1.54) is 29.0 Å². The molecule has 0 aliphatic carbocycles. The average molecular weight is 431 g/mol. The molecule has 4 rings (SSSR count). The molecule has 1 atom stereocenters. The van der Waals surface area contributed by atoms with Gasteiger partial charge in [0.15, 0.2) is 0 Å². The van der Waals surface area contributed by atoms with E-state index in [1.807, 2.05) is 26.0 Å². The monoisotopic (exact) mass is 431 g/mol. The Balaban J connectivity index is 1.65. The summed E-state index contributed by atoms with van der Waals surface area (Å²) in [5, 5.41) is 5.50. The summed E-state index contributed by atoms with van der Waals surface area (Å²) in [6.45, 7) is 3.75. The first-order valence-corrected chi connectivity index (χ1v) is 10.2. The van der Waals surface area contributed by atoms with Gasteiger partial charge in [0.1, 0.15) is 5.82 Å². The number of anilines is 1. The van der Waals surface area contributed by atoms with E-state index < -0.39 is 5.92 Å². The number of amides is 2. The Morgan fingerprint density at radius 1 is 1.06 bits per heavy atom. The third kappa shape index (κ3) is 4.37. The van der Waals surface area contributed by atoms with Crippen LogP contribution in [-0.2, 0) is 9.59 Å². The number of aromatic nitrogens is 1. The second-order valence-electron chi connectivity index (χ2n) is 7.84. The minimum absolute atomic E-state index is 0.0859. The molecule has 2 amide bonds. The minimum atomic E-state index is -0.493. The Morgan fingerprint density at radius 3 is 2.56 bits per heavy atom. The number of carbonyl (C=O) groups is 2. The molecule has 1 aliphatic rings. The fourth-order valence-corrected chi connectivity index (χ4v) is 3.71. The van der Waals surface area contributed by atoms with Gasteiger partial charge >= 0.3 is 0 Å². The first kappa shape index (κ1) is 21.2. The summed E-state index contributed by atoms with van der Waals surface area (Å²) >= 11 is 0. The molecule has 0 fully saturated rings. The van der Waals surface area contributed by atoms with Gasteiger partial charge < -0.3 is 10.6 Å². The van der Waals surface area contributed by atoms with Crippen molar-refractivity contribution in [2.45, 2.75) is 26.2 Å². The van der Waals surface area contributed by atoms with Gasteiger partial charge in [-0.1, -0.05) is 24.3 Å². The van der Waals surface area contributed by atoms with E-state index >= 15 is 0 Å². The maximum absolute atomic E-state index is 13.4. The van der Waals surface area contributed by atoms with Crippen LogP contribution in [0.15, 0.2) is 77.4 Å². The van der Waals surface area contributed by atoms with E-state index in [0.717, 1.165) is 11.1 Å². The van der Waals surface area contributed by atoms with Crippen LogP contribution < -0.4 is 16.2 Å². The van der Waals surface area contributed by atoms with Gasteiger partial charge in [-0.15, -0.1) is 0 Å². The van der Waals surface area contributed by atoms with Crippen molar-refractivity contribution >= 4 is 17.5 Å². The van der Waals surface area contributed by atoms with Gasteiger partial charge in [0.05, 0.1) is 5.69 Å². The van der Waals surface area contributed by atoms with Crippen LogP contribution in [0.4, 0.5) is 10.1 Å². The Hall–Kier alpha value is -4.00. The first-order chi connectivity index (χ1) is 15.3. The Labute approximate surface area is 184 Å². The highest BCUT2D eigenvalue weighted by molar-refractivity contribution is 6.06. The number of nitrogens with one attached hydrogen (secondary N) is 2. The molecule has 3 aromatic rings. The molecule has 2 heterocycles. The molecule has 2 N–H and O–H groups in total.